The number of nitrogens with zero attached hydrogens (tertiary/aromatic N) is 1. The van der Waals surface area contributed by atoms with Gasteiger partial charge < -0.3 is 9.88 Å². The van der Waals surface area contributed by atoms with Crippen molar-refractivity contribution in [2.45, 2.75) is 47.5 Å². The standard InChI is InChI=1S/C31H32N2O2/c1-6-23-14-11-15-24(7-2)29(23)32-31(35)28-27(34)19-22(5)33(26-17-9-8-13-21(26)4)30(28)25-16-10-12-20(3)18-25/h8-19H,6-7H2,1-5H3,(H,32,35). The highest BCUT2D eigenvalue weighted by Gasteiger charge is 2.24. The van der Waals surface area contributed by atoms with E-state index in [9.17, 15) is 9.59 Å². The molecule has 0 aliphatic rings. The van der Waals surface area contributed by atoms with Gasteiger partial charge in [-0.1, -0.05) is 74.0 Å². The van der Waals surface area contributed by atoms with Gasteiger partial charge in [0.05, 0.1) is 5.69 Å². The second-order valence-corrected chi connectivity index (χ2v) is 8.98. The highest BCUT2D eigenvalue weighted by Crippen LogP contribution is 2.30. The lowest BCUT2D eigenvalue weighted by atomic mass is 9.99. The molecule has 0 spiro atoms. The van der Waals surface area contributed by atoms with E-state index in [4.69, 9.17) is 0 Å². The molecule has 0 saturated carbocycles. The van der Waals surface area contributed by atoms with Gasteiger partial charge >= 0.3 is 0 Å². The number of amides is 1. The number of hydrogen-bond acceptors (Lipinski definition) is 2. The van der Waals surface area contributed by atoms with Crippen molar-refractivity contribution in [2.24, 2.45) is 0 Å². The first-order valence-electron chi connectivity index (χ1n) is 12.2. The quantitative estimate of drug-likeness (QED) is 0.341. The van der Waals surface area contributed by atoms with Crippen LogP contribution in [0.15, 0.2) is 77.6 Å². The number of rotatable bonds is 6. The van der Waals surface area contributed by atoms with Crippen molar-refractivity contribution in [2.75, 3.05) is 5.32 Å². The first kappa shape index (κ1) is 24.2. The summed E-state index contributed by atoms with van der Waals surface area (Å²) >= 11 is 0. The Morgan fingerprint density at radius 3 is 2.11 bits per heavy atom. The third-order valence-corrected chi connectivity index (χ3v) is 6.51. The summed E-state index contributed by atoms with van der Waals surface area (Å²) in [5.74, 6) is -0.385. The maximum Gasteiger partial charge on any atom is 0.261 e. The summed E-state index contributed by atoms with van der Waals surface area (Å²) in [6.07, 6.45) is 1.57. The first-order valence-corrected chi connectivity index (χ1v) is 12.2. The molecule has 0 unspecified atom stereocenters. The number of anilines is 1. The van der Waals surface area contributed by atoms with Gasteiger partial charge in [-0.05, 0) is 68.0 Å². The highest BCUT2D eigenvalue weighted by molar-refractivity contribution is 6.09. The summed E-state index contributed by atoms with van der Waals surface area (Å²) in [4.78, 5) is 27.4. The number of benzene rings is 3. The van der Waals surface area contributed by atoms with Gasteiger partial charge in [0.25, 0.3) is 5.91 Å². The van der Waals surface area contributed by atoms with Crippen LogP contribution in [0.1, 0.15) is 52.2 Å². The number of aromatic nitrogens is 1. The number of carbonyl (C=O) groups is 1. The Labute approximate surface area is 207 Å². The van der Waals surface area contributed by atoms with Crippen LogP contribution >= 0.6 is 0 Å². The van der Waals surface area contributed by atoms with Crippen LogP contribution in [0, 0.1) is 20.8 Å². The first-order chi connectivity index (χ1) is 16.8. The van der Waals surface area contributed by atoms with Crippen LogP contribution in [-0.4, -0.2) is 10.5 Å². The van der Waals surface area contributed by atoms with Crippen LogP contribution in [0.4, 0.5) is 5.69 Å². The predicted molar refractivity (Wildman–Crippen MR) is 145 cm³/mol. The zero-order valence-corrected chi connectivity index (χ0v) is 21.1. The fraction of sp³-hybridized carbons (Fsp3) is 0.226. The van der Waals surface area contributed by atoms with Crippen LogP contribution in [-0.2, 0) is 12.8 Å². The number of hydrogen-bond donors (Lipinski definition) is 1. The number of aryl methyl sites for hydroxylation is 5. The predicted octanol–water partition coefficient (Wildman–Crippen LogP) is 6.81. The van der Waals surface area contributed by atoms with E-state index in [0.717, 1.165) is 57.7 Å². The van der Waals surface area contributed by atoms with E-state index in [-0.39, 0.29) is 16.9 Å². The van der Waals surface area contributed by atoms with Crippen molar-refractivity contribution in [3.8, 4) is 16.9 Å². The topological polar surface area (TPSA) is 51.1 Å². The molecular formula is C31H32N2O2. The number of pyridine rings is 1. The second-order valence-electron chi connectivity index (χ2n) is 8.98. The summed E-state index contributed by atoms with van der Waals surface area (Å²) in [5.41, 5.74) is 8.07. The van der Waals surface area contributed by atoms with E-state index in [1.807, 2.05) is 92.1 Å². The molecule has 35 heavy (non-hydrogen) atoms. The zero-order valence-electron chi connectivity index (χ0n) is 21.1. The van der Waals surface area contributed by atoms with Crippen LogP contribution in [0.3, 0.4) is 0 Å². The Kier molecular flexibility index (Phi) is 7.02. The highest BCUT2D eigenvalue weighted by atomic mass is 16.2. The van der Waals surface area contributed by atoms with E-state index in [0.29, 0.717) is 5.69 Å². The van der Waals surface area contributed by atoms with Gasteiger partial charge in [-0.3, -0.25) is 9.59 Å². The lowest BCUT2D eigenvalue weighted by Crippen LogP contribution is -2.27. The molecule has 1 N–H and O–H groups in total. The van der Waals surface area contributed by atoms with Gasteiger partial charge in [0, 0.05) is 23.1 Å². The van der Waals surface area contributed by atoms with E-state index in [2.05, 4.69) is 19.2 Å². The lowest BCUT2D eigenvalue weighted by molar-refractivity contribution is 0.102. The third kappa shape index (κ3) is 4.69. The normalized spacial score (nSPS) is 10.9. The van der Waals surface area contributed by atoms with Crippen LogP contribution < -0.4 is 10.7 Å². The second kappa shape index (κ2) is 10.1. The molecule has 1 aromatic heterocycles. The molecule has 0 aliphatic heterocycles. The van der Waals surface area contributed by atoms with Crippen molar-refractivity contribution < 1.29 is 4.79 Å². The Morgan fingerprint density at radius 1 is 0.829 bits per heavy atom. The largest absolute Gasteiger partial charge is 0.321 e. The van der Waals surface area contributed by atoms with Crippen LogP contribution in [0.5, 0.6) is 0 Å². The molecule has 0 aliphatic carbocycles. The van der Waals surface area contributed by atoms with Crippen LogP contribution in [0.25, 0.3) is 16.9 Å². The van der Waals surface area contributed by atoms with E-state index in [1.165, 1.54) is 0 Å². The van der Waals surface area contributed by atoms with Gasteiger partial charge in [-0.2, -0.15) is 0 Å². The molecule has 3 aromatic carbocycles. The van der Waals surface area contributed by atoms with Crippen molar-refractivity contribution in [1.82, 2.24) is 4.57 Å². The molecule has 178 valence electrons. The molecule has 1 heterocycles. The van der Waals surface area contributed by atoms with E-state index in [1.54, 1.807) is 6.07 Å². The van der Waals surface area contributed by atoms with Gasteiger partial charge in [-0.15, -0.1) is 0 Å². The molecular weight excluding hydrogens is 432 g/mol. The molecule has 0 bridgehead atoms. The molecule has 0 fully saturated rings. The molecule has 1 amide bonds. The minimum Gasteiger partial charge on any atom is -0.321 e. The molecule has 4 heteroatoms. The summed E-state index contributed by atoms with van der Waals surface area (Å²) in [5, 5.41) is 3.12. The monoisotopic (exact) mass is 464 g/mol. The Hall–Kier alpha value is -3.92. The maximum absolute atomic E-state index is 13.9. The molecule has 0 radical (unpaired) electrons. The summed E-state index contributed by atoms with van der Waals surface area (Å²) in [7, 11) is 0. The summed E-state index contributed by atoms with van der Waals surface area (Å²) in [6, 6.07) is 23.6. The molecule has 4 aromatic rings. The maximum atomic E-state index is 13.9. The SMILES string of the molecule is CCc1cccc(CC)c1NC(=O)c1c(-c2cccc(C)c2)n(-c2ccccc2C)c(C)cc1=O. The minimum absolute atomic E-state index is 0.150. The molecule has 4 nitrogen and oxygen atoms in total. The van der Waals surface area contributed by atoms with Gasteiger partial charge in [0.2, 0.25) is 0 Å². The number of para-hydroxylation sites is 2. The number of carbonyl (C=O) groups excluding carboxylic acids is 1. The molecule has 0 atom stereocenters. The Morgan fingerprint density at radius 2 is 1.49 bits per heavy atom. The van der Waals surface area contributed by atoms with Gasteiger partial charge in [0.1, 0.15) is 5.56 Å². The molecule has 4 rings (SSSR count). The van der Waals surface area contributed by atoms with Crippen molar-refractivity contribution >= 4 is 11.6 Å². The molecule has 0 saturated heterocycles. The van der Waals surface area contributed by atoms with E-state index < -0.39 is 0 Å². The van der Waals surface area contributed by atoms with E-state index >= 15 is 0 Å². The van der Waals surface area contributed by atoms with Crippen molar-refractivity contribution in [3.05, 3.63) is 117 Å². The van der Waals surface area contributed by atoms with Crippen molar-refractivity contribution in [3.63, 3.8) is 0 Å². The van der Waals surface area contributed by atoms with Gasteiger partial charge in [0.15, 0.2) is 5.43 Å². The zero-order chi connectivity index (χ0) is 25.1. The summed E-state index contributed by atoms with van der Waals surface area (Å²) in [6.45, 7) is 10.1. The minimum atomic E-state index is -0.385. The fourth-order valence-electron chi connectivity index (χ4n) is 4.72. The van der Waals surface area contributed by atoms with Gasteiger partial charge in [-0.25, -0.2) is 0 Å². The third-order valence-electron chi connectivity index (χ3n) is 6.51. The summed E-state index contributed by atoms with van der Waals surface area (Å²) < 4.78 is 2.03. The fourth-order valence-corrected chi connectivity index (χ4v) is 4.72. The van der Waals surface area contributed by atoms with Crippen molar-refractivity contribution in [1.29, 1.82) is 0 Å². The van der Waals surface area contributed by atoms with Crippen LogP contribution in [0.2, 0.25) is 0 Å². The lowest BCUT2D eigenvalue weighted by Gasteiger charge is -2.22. The number of nitrogens with one attached hydrogen (secondary N) is 1. The average molecular weight is 465 g/mol. The smallest absolute Gasteiger partial charge is 0.261 e. The Bertz CT molecular complexity index is 1440. The average Bonchev–Trinajstić information content (AvgIpc) is 2.84. The Balaban J connectivity index is 2.01.